The Morgan fingerprint density at radius 2 is 2.31 bits per heavy atom. The average Bonchev–Trinajstić information content (AvgIpc) is 2.24. The molecule has 0 N–H and O–H groups in total. The molecule has 0 unspecified atom stereocenters. The van der Waals surface area contributed by atoms with Crippen molar-refractivity contribution in [1.82, 2.24) is 0 Å². The number of thiol groups is 1. The number of hydrogen-bond donors (Lipinski definition) is 1. The van der Waals surface area contributed by atoms with Gasteiger partial charge in [-0.3, -0.25) is 4.79 Å². The van der Waals surface area contributed by atoms with Crippen LogP contribution in [0.5, 0.6) is 0 Å². The maximum Gasteiger partial charge on any atom is 0.310 e. The molecule has 0 aromatic heterocycles. The summed E-state index contributed by atoms with van der Waals surface area (Å²) in [7, 11) is 0. The van der Waals surface area contributed by atoms with E-state index in [0.717, 1.165) is 0 Å². The Morgan fingerprint density at radius 3 is 2.88 bits per heavy atom. The zero-order chi connectivity index (χ0) is 12.1. The molecule has 1 aromatic rings. The number of nitriles is 1. The first kappa shape index (κ1) is 12.5. The van der Waals surface area contributed by atoms with Gasteiger partial charge < -0.3 is 4.74 Å². The van der Waals surface area contributed by atoms with Crippen LogP contribution in [0, 0.1) is 17.1 Å². The molecule has 0 aliphatic heterocycles. The van der Waals surface area contributed by atoms with Crippen LogP contribution in [0.3, 0.4) is 0 Å². The van der Waals surface area contributed by atoms with Gasteiger partial charge in [0.15, 0.2) is 0 Å². The lowest BCUT2D eigenvalue weighted by molar-refractivity contribution is -0.142. The summed E-state index contributed by atoms with van der Waals surface area (Å²) in [5.74, 6) is -1.02. The minimum atomic E-state index is -0.576. The van der Waals surface area contributed by atoms with Crippen LogP contribution in [0.15, 0.2) is 17.0 Å². The van der Waals surface area contributed by atoms with Crippen LogP contribution in [0.25, 0.3) is 0 Å². The Kier molecular flexibility index (Phi) is 4.32. The Balaban J connectivity index is 3.02. The predicted molar refractivity (Wildman–Crippen MR) is 58.7 cm³/mol. The van der Waals surface area contributed by atoms with Crippen LogP contribution >= 0.6 is 12.6 Å². The summed E-state index contributed by atoms with van der Waals surface area (Å²) in [5.41, 5.74) is 0.503. The molecule has 84 valence electrons. The van der Waals surface area contributed by atoms with E-state index in [-0.39, 0.29) is 23.5 Å². The summed E-state index contributed by atoms with van der Waals surface area (Å²) in [6.07, 6.45) is -0.0510. The summed E-state index contributed by atoms with van der Waals surface area (Å²) in [5, 5.41) is 8.85. The van der Waals surface area contributed by atoms with Gasteiger partial charge in [0.25, 0.3) is 0 Å². The molecule has 1 rings (SSSR count). The average molecular weight is 239 g/mol. The van der Waals surface area contributed by atoms with E-state index in [4.69, 9.17) is 10.00 Å². The van der Waals surface area contributed by atoms with E-state index in [1.807, 2.05) is 6.07 Å². The molecule has 0 atom stereocenters. The molecule has 0 bridgehead atoms. The first-order valence-corrected chi connectivity index (χ1v) is 5.11. The maximum absolute atomic E-state index is 13.1. The molecule has 0 fully saturated rings. The highest BCUT2D eigenvalue weighted by Gasteiger charge is 2.13. The Hall–Kier alpha value is -1.54. The van der Waals surface area contributed by atoms with Crippen LogP contribution in [-0.4, -0.2) is 12.6 Å². The maximum atomic E-state index is 13.1. The summed E-state index contributed by atoms with van der Waals surface area (Å²) < 4.78 is 17.8. The number of ether oxygens (including phenoxy) is 1. The van der Waals surface area contributed by atoms with Crippen LogP contribution in [0.2, 0.25) is 0 Å². The largest absolute Gasteiger partial charge is 0.466 e. The molecule has 1 aromatic carbocycles. The molecule has 0 saturated carbocycles. The lowest BCUT2D eigenvalue weighted by Gasteiger charge is -2.06. The molecule has 0 radical (unpaired) electrons. The lowest BCUT2D eigenvalue weighted by Crippen LogP contribution is -2.09. The van der Waals surface area contributed by atoms with E-state index in [9.17, 15) is 9.18 Å². The summed E-state index contributed by atoms with van der Waals surface area (Å²) in [6, 6.07) is 4.40. The van der Waals surface area contributed by atoms with E-state index in [1.54, 1.807) is 6.92 Å². The van der Waals surface area contributed by atoms with Gasteiger partial charge in [-0.15, -0.1) is 12.6 Å². The number of hydrogen-bond acceptors (Lipinski definition) is 4. The third-order valence-corrected chi connectivity index (χ3v) is 2.40. The number of carbonyl (C=O) groups is 1. The molecule has 0 aliphatic carbocycles. The normalized spacial score (nSPS) is 9.62. The zero-order valence-corrected chi connectivity index (χ0v) is 9.55. The predicted octanol–water partition coefficient (Wildman–Crippen LogP) is 2.09. The number of rotatable bonds is 3. The molecule has 0 amide bonds. The van der Waals surface area contributed by atoms with Crippen LogP contribution < -0.4 is 0 Å². The van der Waals surface area contributed by atoms with Crippen LogP contribution in [0.4, 0.5) is 4.39 Å². The van der Waals surface area contributed by atoms with E-state index in [1.165, 1.54) is 12.1 Å². The van der Waals surface area contributed by atoms with E-state index >= 15 is 0 Å². The van der Waals surface area contributed by atoms with Crippen molar-refractivity contribution in [2.45, 2.75) is 18.2 Å². The van der Waals surface area contributed by atoms with Gasteiger partial charge in [0.05, 0.1) is 23.5 Å². The Labute approximate surface area is 98.2 Å². The molecule has 3 nitrogen and oxygen atoms in total. The summed E-state index contributed by atoms with van der Waals surface area (Å²) in [4.78, 5) is 11.2. The number of nitrogens with zero attached hydrogens (tertiary/aromatic N) is 1. The monoisotopic (exact) mass is 239 g/mol. The molecule has 0 aliphatic rings. The van der Waals surface area contributed by atoms with Crippen molar-refractivity contribution in [2.24, 2.45) is 0 Å². The first-order chi connectivity index (χ1) is 7.60. The van der Waals surface area contributed by atoms with Gasteiger partial charge in [0.2, 0.25) is 0 Å². The van der Waals surface area contributed by atoms with Crippen molar-refractivity contribution in [2.75, 3.05) is 6.61 Å². The molecule has 0 spiro atoms. The number of benzene rings is 1. The zero-order valence-electron chi connectivity index (χ0n) is 8.66. The van der Waals surface area contributed by atoms with Crippen molar-refractivity contribution >= 4 is 18.6 Å². The highest BCUT2D eigenvalue weighted by molar-refractivity contribution is 7.80. The second-order valence-corrected chi connectivity index (χ2v) is 3.47. The Bertz CT molecular complexity index is 454. The van der Waals surface area contributed by atoms with E-state index in [2.05, 4.69) is 12.6 Å². The fourth-order valence-corrected chi connectivity index (χ4v) is 1.52. The molecular formula is C11H10FNO2S. The smallest absolute Gasteiger partial charge is 0.310 e. The van der Waals surface area contributed by atoms with Crippen molar-refractivity contribution in [3.8, 4) is 6.07 Å². The molecule has 0 saturated heterocycles. The third kappa shape index (κ3) is 2.74. The first-order valence-electron chi connectivity index (χ1n) is 4.66. The molecule has 16 heavy (non-hydrogen) atoms. The van der Waals surface area contributed by atoms with Crippen molar-refractivity contribution in [3.05, 3.63) is 29.1 Å². The lowest BCUT2D eigenvalue weighted by atomic mass is 10.1. The van der Waals surface area contributed by atoms with E-state index in [0.29, 0.717) is 5.56 Å². The quantitative estimate of drug-likeness (QED) is 0.649. The van der Waals surface area contributed by atoms with Gasteiger partial charge >= 0.3 is 5.97 Å². The van der Waals surface area contributed by atoms with Gasteiger partial charge in [-0.25, -0.2) is 4.39 Å². The standard InChI is InChI=1S/C11H10FNO2S/c1-2-15-10(14)5-7-3-4-9(12)11(16)8(7)6-13/h3-4,16H,2,5H2,1H3. The van der Waals surface area contributed by atoms with Crippen molar-refractivity contribution < 1.29 is 13.9 Å². The van der Waals surface area contributed by atoms with Crippen molar-refractivity contribution in [3.63, 3.8) is 0 Å². The Morgan fingerprint density at radius 1 is 1.62 bits per heavy atom. The highest BCUT2D eigenvalue weighted by Crippen LogP contribution is 2.21. The fraction of sp³-hybridized carbons (Fsp3) is 0.273. The second-order valence-electron chi connectivity index (χ2n) is 3.02. The van der Waals surface area contributed by atoms with Crippen molar-refractivity contribution in [1.29, 1.82) is 5.26 Å². The van der Waals surface area contributed by atoms with Gasteiger partial charge in [0.1, 0.15) is 11.9 Å². The minimum Gasteiger partial charge on any atom is -0.466 e. The van der Waals surface area contributed by atoms with Gasteiger partial charge in [-0.1, -0.05) is 6.07 Å². The van der Waals surface area contributed by atoms with Crippen LogP contribution in [0.1, 0.15) is 18.1 Å². The fourth-order valence-electron chi connectivity index (χ4n) is 1.25. The number of halogens is 1. The topological polar surface area (TPSA) is 50.1 Å². The SMILES string of the molecule is CCOC(=O)Cc1ccc(F)c(S)c1C#N. The molecular weight excluding hydrogens is 229 g/mol. The second kappa shape index (κ2) is 5.52. The van der Waals surface area contributed by atoms with Gasteiger partial charge in [-0.2, -0.15) is 5.26 Å². The summed E-state index contributed by atoms with van der Waals surface area (Å²) >= 11 is 3.89. The molecule has 0 heterocycles. The van der Waals surface area contributed by atoms with Crippen LogP contribution in [-0.2, 0) is 16.0 Å². The summed E-state index contributed by atoms with van der Waals surface area (Å²) in [6.45, 7) is 1.97. The minimum absolute atomic E-state index is 0.0377. The number of esters is 1. The molecule has 5 heteroatoms. The van der Waals surface area contributed by atoms with Gasteiger partial charge in [-0.05, 0) is 18.6 Å². The van der Waals surface area contributed by atoms with E-state index < -0.39 is 11.8 Å². The van der Waals surface area contributed by atoms with Gasteiger partial charge in [0, 0.05) is 0 Å². The number of carbonyl (C=O) groups excluding carboxylic acids is 1. The highest BCUT2D eigenvalue weighted by atomic mass is 32.1. The third-order valence-electron chi connectivity index (χ3n) is 1.97.